The number of para-hydroxylation sites is 1. The van der Waals surface area contributed by atoms with Gasteiger partial charge < -0.3 is 9.84 Å². The lowest BCUT2D eigenvalue weighted by Gasteiger charge is -2.24. The maximum Gasteiger partial charge on any atom is 0.347 e. The van der Waals surface area contributed by atoms with E-state index in [1.165, 1.54) is 0 Å². The first kappa shape index (κ1) is 16.2. The summed E-state index contributed by atoms with van der Waals surface area (Å²) in [6, 6.07) is 10.5. The Morgan fingerprint density at radius 2 is 1.77 bits per heavy atom. The molecule has 3 nitrogen and oxygen atoms in total. The van der Waals surface area contributed by atoms with Gasteiger partial charge in [0.25, 0.3) is 0 Å². The fraction of sp³-hybridized carbons (Fsp3) is 0.278. The number of aromatic hydroxyl groups is 1. The normalized spacial score (nSPS) is 11.3. The molecule has 112 valence electrons. The largest absolute Gasteiger partial charge is 0.507 e. The molecule has 0 atom stereocenters. The first-order chi connectivity index (χ1) is 10.2. The van der Waals surface area contributed by atoms with Crippen LogP contribution >= 0.6 is 0 Å². The van der Waals surface area contributed by atoms with Crippen molar-refractivity contribution in [3.8, 4) is 11.5 Å². The molecule has 0 saturated heterocycles. The molecule has 2 rings (SSSR count). The average Bonchev–Trinajstić information content (AvgIpc) is 2.43. The summed E-state index contributed by atoms with van der Waals surface area (Å²) in [4.78, 5) is 12.4. The Labute approximate surface area is 132 Å². The highest BCUT2D eigenvalue weighted by molar-refractivity contribution is 6.34. The van der Waals surface area contributed by atoms with Gasteiger partial charge in [0.05, 0.1) is 0 Å². The maximum absolute atomic E-state index is 12.4. The quantitative estimate of drug-likeness (QED) is 0.526. The fourth-order valence-electron chi connectivity index (χ4n) is 2.26. The Bertz CT molecular complexity index is 701. The summed E-state index contributed by atoms with van der Waals surface area (Å²) in [7, 11) is 6.00. The minimum Gasteiger partial charge on any atom is -0.507 e. The summed E-state index contributed by atoms with van der Waals surface area (Å²) in [6.45, 7) is 7.54. The lowest BCUT2D eigenvalue weighted by Crippen LogP contribution is -2.23. The van der Waals surface area contributed by atoms with Gasteiger partial charge in [0.1, 0.15) is 24.9 Å². The van der Waals surface area contributed by atoms with Crippen molar-refractivity contribution in [2.75, 3.05) is 0 Å². The Morgan fingerprint density at radius 1 is 1.18 bits per heavy atom. The second kappa shape index (κ2) is 5.88. The van der Waals surface area contributed by atoms with E-state index in [9.17, 15) is 9.90 Å². The van der Waals surface area contributed by atoms with Gasteiger partial charge in [0.15, 0.2) is 0 Å². The third-order valence-corrected chi connectivity index (χ3v) is 3.57. The number of rotatable bonds is 2. The van der Waals surface area contributed by atoms with Crippen molar-refractivity contribution in [1.82, 2.24) is 0 Å². The van der Waals surface area contributed by atoms with Gasteiger partial charge in [-0.3, -0.25) is 0 Å². The zero-order valence-corrected chi connectivity index (χ0v) is 13.3. The van der Waals surface area contributed by atoms with Crippen molar-refractivity contribution in [1.29, 1.82) is 0 Å². The molecule has 2 aromatic carbocycles. The fourth-order valence-corrected chi connectivity index (χ4v) is 2.26. The van der Waals surface area contributed by atoms with Crippen molar-refractivity contribution in [3.63, 3.8) is 0 Å². The van der Waals surface area contributed by atoms with Crippen LogP contribution in [0.25, 0.3) is 0 Å². The predicted molar refractivity (Wildman–Crippen MR) is 88.3 cm³/mol. The van der Waals surface area contributed by atoms with Crippen LogP contribution in [0.4, 0.5) is 0 Å². The average molecular weight is 294 g/mol. The molecule has 2 aromatic rings. The van der Waals surface area contributed by atoms with Gasteiger partial charge in [-0.1, -0.05) is 50.5 Å². The first-order valence-electron chi connectivity index (χ1n) is 7.11. The van der Waals surface area contributed by atoms with Crippen molar-refractivity contribution >= 4 is 19.3 Å². The molecule has 1 N–H and O–H groups in total. The smallest absolute Gasteiger partial charge is 0.347 e. The molecule has 0 aliphatic rings. The maximum atomic E-state index is 12.4. The molecule has 0 spiro atoms. The van der Waals surface area contributed by atoms with E-state index in [2.05, 4.69) is 0 Å². The van der Waals surface area contributed by atoms with Crippen molar-refractivity contribution < 1.29 is 14.6 Å². The van der Waals surface area contributed by atoms with Crippen LogP contribution in [0.1, 0.15) is 42.3 Å². The minimum absolute atomic E-state index is 0.0693. The van der Waals surface area contributed by atoms with E-state index in [1.807, 2.05) is 26.8 Å². The van der Waals surface area contributed by atoms with E-state index in [-0.39, 0.29) is 16.7 Å². The summed E-state index contributed by atoms with van der Waals surface area (Å²) >= 11 is 0. The molecule has 0 aromatic heterocycles. The first-order valence-corrected chi connectivity index (χ1v) is 7.11. The van der Waals surface area contributed by atoms with Crippen LogP contribution in [-0.4, -0.2) is 18.9 Å². The Morgan fingerprint density at radius 3 is 2.32 bits per heavy atom. The number of hydrogen-bond donors (Lipinski definition) is 1. The van der Waals surface area contributed by atoms with Crippen LogP contribution in [0.15, 0.2) is 36.4 Å². The number of hydrogen-bond acceptors (Lipinski definition) is 3. The molecule has 0 amide bonds. The Balaban J connectivity index is 2.50. The lowest BCUT2D eigenvalue weighted by molar-refractivity contribution is 0.0730. The number of carbonyl (C=O) groups is 1. The Hall–Kier alpha value is -2.23. The molecule has 0 heterocycles. The van der Waals surface area contributed by atoms with Gasteiger partial charge in [-0.2, -0.15) is 0 Å². The summed E-state index contributed by atoms with van der Waals surface area (Å²) < 4.78 is 5.33. The minimum atomic E-state index is -0.612. The van der Waals surface area contributed by atoms with Crippen LogP contribution in [0.3, 0.4) is 0 Å². The highest BCUT2D eigenvalue weighted by Crippen LogP contribution is 2.34. The molecule has 4 heteroatoms. The number of carbonyl (C=O) groups excluding carboxylic acids is 1. The van der Waals surface area contributed by atoms with Crippen molar-refractivity contribution in [2.45, 2.75) is 33.1 Å². The highest BCUT2D eigenvalue weighted by atomic mass is 16.5. The molecule has 0 aliphatic carbocycles. The monoisotopic (exact) mass is 294 g/mol. The SMILES string of the molecule is [B]c1cc(C(C)(C)C)c(O)c(C(=O)Oc2ccccc2)c1C. The third-order valence-electron chi connectivity index (χ3n) is 3.57. The third kappa shape index (κ3) is 3.16. The van der Waals surface area contributed by atoms with E-state index >= 15 is 0 Å². The second-order valence-electron chi connectivity index (χ2n) is 6.31. The number of phenolic OH excluding ortho intramolecular Hbond substituents is 1. The van der Waals surface area contributed by atoms with Gasteiger partial charge in [-0.25, -0.2) is 4.79 Å². The zero-order chi connectivity index (χ0) is 16.5. The van der Waals surface area contributed by atoms with Gasteiger partial charge in [-0.05, 0) is 35.6 Å². The van der Waals surface area contributed by atoms with Crippen LogP contribution < -0.4 is 10.2 Å². The van der Waals surface area contributed by atoms with E-state index < -0.39 is 5.97 Å². The van der Waals surface area contributed by atoms with Crippen LogP contribution in [0.5, 0.6) is 11.5 Å². The summed E-state index contributed by atoms with van der Waals surface area (Å²) in [6.07, 6.45) is 0. The van der Waals surface area contributed by atoms with Gasteiger partial charge >= 0.3 is 5.97 Å². The molecule has 0 bridgehead atoms. The molecule has 2 radical (unpaired) electrons. The zero-order valence-electron chi connectivity index (χ0n) is 13.3. The lowest BCUT2D eigenvalue weighted by atomic mass is 9.78. The molecule has 0 aliphatic heterocycles. The van der Waals surface area contributed by atoms with E-state index in [0.29, 0.717) is 22.3 Å². The molecule has 22 heavy (non-hydrogen) atoms. The van der Waals surface area contributed by atoms with E-state index in [1.54, 1.807) is 37.3 Å². The molecule has 0 fully saturated rings. The standard InChI is InChI=1S/C18H19BO3/c1-11-14(19)10-13(18(2,3)4)16(20)15(11)17(21)22-12-8-6-5-7-9-12/h5-10,20H,1-4H3. The van der Waals surface area contributed by atoms with Crippen LogP contribution in [0, 0.1) is 6.92 Å². The van der Waals surface area contributed by atoms with Crippen LogP contribution in [0.2, 0.25) is 0 Å². The topological polar surface area (TPSA) is 46.5 Å². The van der Waals surface area contributed by atoms with E-state index in [4.69, 9.17) is 12.6 Å². The number of ether oxygens (including phenoxy) is 1. The predicted octanol–water partition coefficient (Wildman–Crippen LogP) is 3.01. The summed E-state index contributed by atoms with van der Waals surface area (Å²) in [5, 5.41) is 10.5. The second-order valence-corrected chi connectivity index (χ2v) is 6.31. The molecular formula is C18H19BO3. The molecule has 0 unspecified atom stereocenters. The highest BCUT2D eigenvalue weighted by Gasteiger charge is 2.26. The van der Waals surface area contributed by atoms with E-state index in [0.717, 1.165) is 0 Å². The summed E-state index contributed by atoms with van der Waals surface area (Å²) in [5.41, 5.74) is 1.38. The molecular weight excluding hydrogens is 275 g/mol. The number of phenols is 1. The van der Waals surface area contributed by atoms with Crippen LogP contribution in [-0.2, 0) is 5.41 Å². The number of esters is 1. The number of benzene rings is 2. The molecule has 0 saturated carbocycles. The summed E-state index contributed by atoms with van der Waals surface area (Å²) in [5.74, 6) is -0.259. The van der Waals surface area contributed by atoms with Crippen molar-refractivity contribution in [3.05, 3.63) is 53.1 Å². The Kier molecular flexibility index (Phi) is 4.31. The van der Waals surface area contributed by atoms with Crippen molar-refractivity contribution in [2.24, 2.45) is 0 Å². The van der Waals surface area contributed by atoms with Gasteiger partial charge in [0.2, 0.25) is 0 Å². The van der Waals surface area contributed by atoms with Gasteiger partial charge in [0, 0.05) is 0 Å². The van der Waals surface area contributed by atoms with Gasteiger partial charge in [-0.15, -0.1) is 0 Å².